The van der Waals surface area contributed by atoms with Gasteiger partial charge in [-0.1, -0.05) is 24.9 Å². The van der Waals surface area contributed by atoms with Crippen molar-refractivity contribution >= 4 is 17.4 Å². The Morgan fingerprint density at radius 1 is 1.50 bits per heavy atom. The average Bonchev–Trinajstić information content (AvgIpc) is 2.21. The maximum Gasteiger partial charge on any atom is 0.137 e. The largest absolute Gasteiger partial charge is 0.393 e. The predicted octanol–water partition coefficient (Wildman–Crippen LogP) is 2.02. The van der Waals surface area contributed by atoms with Gasteiger partial charge in [-0.2, -0.15) is 0 Å². The Labute approximate surface area is 100 Å². The van der Waals surface area contributed by atoms with Crippen LogP contribution in [-0.4, -0.2) is 27.2 Å². The molecule has 4 nitrogen and oxygen atoms in total. The fourth-order valence-corrected chi connectivity index (χ4v) is 2.11. The van der Waals surface area contributed by atoms with E-state index in [-0.39, 0.29) is 6.10 Å². The van der Waals surface area contributed by atoms with Gasteiger partial charge in [-0.25, -0.2) is 9.97 Å². The van der Waals surface area contributed by atoms with Crippen LogP contribution in [0.5, 0.6) is 0 Å². The Morgan fingerprint density at radius 3 is 2.88 bits per heavy atom. The van der Waals surface area contributed by atoms with Crippen LogP contribution in [0, 0.1) is 0 Å². The van der Waals surface area contributed by atoms with E-state index in [9.17, 15) is 5.11 Å². The van der Waals surface area contributed by atoms with Gasteiger partial charge in [0, 0.05) is 11.6 Å². The van der Waals surface area contributed by atoms with E-state index in [4.69, 9.17) is 11.6 Å². The molecule has 16 heavy (non-hydrogen) atoms. The van der Waals surface area contributed by atoms with Crippen LogP contribution in [0.4, 0.5) is 5.82 Å². The fraction of sp³-hybridized carbons (Fsp3) is 0.636. The maximum absolute atomic E-state index is 9.22. The minimum absolute atomic E-state index is 0.163. The molecule has 0 atom stereocenters. The van der Waals surface area contributed by atoms with Crippen molar-refractivity contribution in [2.45, 2.75) is 44.8 Å². The number of aromatic nitrogens is 2. The quantitative estimate of drug-likeness (QED) is 0.792. The van der Waals surface area contributed by atoms with E-state index in [0.29, 0.717) is 11.2 Å². The zero-order valence-corrected chi connectivity index (χ0v) is 10.0. The van der Waals surface area contributed by atoms with E-state index >= 15 is 0 Å². The van der Waals surface area contributed by atoms with Crippen LogP contribution in [-0.2, 0) is 6.42 Å². The molecule has 1 aromatic rings. The van der Waals surface area contributed by atoms with Gasteiger partial charge in [0.1, 0.15) is 17.3 Å². The maximum atomic E-state index is 9.22. The van der Waals surface area contributed by atoms with Crippen molar-refractivity contribution in [3.63, 3.8) is 0 Å². The van der Waals surface area contributed by atoms with Crippen molar-refractivity contribution in [3.05, 3.63) is 17.0 Å². The molecule has 0 aliphatic heterocycles. The van der Waals surface area contributed by atoms with E-state index in [0.717, 1.165) is 37.1 Å². The lowest BCUT2D eigenvalue weighted by atomic mass is 9.89. The number of hydrogen-bond donors (Lipinski definition) is 2. The van der Waals surface area contributed by atoms with Gasteiger partial charge in [-0.15, -0.1) is 0 Å². The number of halogens is 1. The number of nitrogens with zero attached hydrogens (tertiary/aromatic N) is 2. The molecule has 2 N–H and O–H groups in total. The molecule has 0 unspecified atom stereocenters. The molecule has 88 valence electrons. The van der Waals surface area contributed by atoms with Crippen LogP contribution in [0.3, 0.4) is 0 Å². The topological polar surface area (TPSA) is 58.0 Å². The number of anilines is 1. The van der Waals surface area contributed by atoms with Gasteiger partial charge >= 0.3 is 0 Å². The van der Waals surface area contributed by atoms with Crippen LogP contribution in [0.1, 0.15) is 31.7 Å². The Morgan fingerprint density at radius 2 is 2.25 bits per heavy atom. The predicted molar refractivity (Wildman–Crippen MR) is 63.7 cm³/mol. The first kappa shape index (κ1) is 11.6. The van der Waals surface area contributed by atoms with Crippen LogP contribution >= 0.6 is 11.6 Å². The molecular formula is C11H16ClN3O. The number of hydrogen-bond acceptors (Lipinski definition) is 4. The summed E-state index contributed by atoms with van der Waals surface area (Å²) in [4.78, 5) is 8.21. The fourth-order valence-electron chi connectivity index (χ4n) is 1.89. The number of nitrogens with one attached hydrogen (secondary N) is 1. The molecule has 0 amide bonds. The second-order valence-electron chi connectivity index (χ2n) is 4.21. The second-order valence-corrected chi connectivity index (χ2v) is 4.57. The lowest BCUT2D eigenvalue weighted by molar-refractivity contribution is 0.0835. The first-order valence-electron chi connectivity index (χ1n) is 5.64. The average molecular weight is 242 g/mol. The summed E-state index contributed by atoms with van der Waals surface area (Å²) in [7, 11) is 0. The lowest BCUT2D eigenvalue weighted by Gasteiger charge is -2.32. The number of aliphatic hydroxyl groups excluding tert-OH is 1. The highest BCUT2D eigenvalue weighted by molar-refractivity contribution is 6.30. The monoisotopic (exact) mass is 241 g/mol. The van der Waals surface area contributed by atoms with Crippen LogP contribution in [0.25, 0.3) is 0 Å². The van der Waals surface area contributed by atoms with Gasteiger partial charge < -0.3 is 10.4 Å². The standard InChI is InChI=1S/C11H16ClN3O/c1-2-3-9-10(12)13-6-14-11(9)15-7-4-8(16)5-7/h6-8,16H,2-5H2,1H3,(H,13,14,15). The molecule has 0 radical (unpaired) electrons. The summed E-state index contributed by atoms with van der Waals surface area (Å²) in [5.74, 6) is 0.818. The van der Waals surface area contributed by atoms with Crippen LogP contribution < -0.4 is 5.32 Å². The van der Waals surface area contributed by atoms with Crippen molar-refractivity contribution in [1.29, 1.82) is 0 Å². The molecule has 5 heteroatoms. The van der Waals surface area contributed by atoms with Gasteiger partial charge in [0.05, 0.1) is 6.10 Å². The Bertz CT molecular complexity index is 366. The van der Waals surface area contributed by atoms with Crippen LogP contribution in [0.15, 0.2) is 6.33 Å². The van der Waals surface area contributed by atoms with Gasteiger partial charge in [-0.05, 0) is 19.3 Å². The summed E-state index contributed by atoms with van der Waals surface area (Å²) in [6.07, 6.45) is 4.76. The summed E-state index contributed by atoms with van der Waals surface area (Å²) in [5.41, 5.74) is 0.980. The van der Waals surface area contributed by atoms with Gasteiger partial charge in [0.15, 0.2) is 0 Å². The summed E-state index contributed by atoms with van der Waals surface area (Å²) in [6.45, 7) is 2.10. The normalized spacial score (nSPS) is 23.9. The third-order valence-corrected chi connectivity index (χ3v) is 3.17. The molecular weight excluding hydrogens is 226 g/mol. The number of aliphatic hydroxyl groups is 1. The molecule has 0 spiro atoms. The van der Waals surface area contributed by atoms with Crippen molar-refractivity contribution in [3.8, 4) is 0 Å². The molecule has 0 saturated heterocycles. The second kappa shape index (κ2) is 4.97. The van der Waals surface area contributed by atoms with E-state index in [1.165, 1.54) is 6.33 Å². The highest BCUT2D eigenvalue weighted by Crippen LogP contribution is 2.27. The summed E-state index contributed by atoms with van der Waals surface area (Å²) >= 11 is 6.04. The van der Waals surface area contributed by atoms with E-state index in [2.05, 4.69) is 22.2 Å². The molecule has 2 rings (SSSR count). The van der Waals surface area contributed by atoms with Gasteiger partial charge in [-0.3, -0.25) is 0 Å². The molecule has 1 saturated carbocycles. The Balaban J connectivity index is 2.09. The zero-order chi connectivity index (χ0) is 11.5. The summed E-state index contributed by atoms with van der Waals surface area (Å²) in [5, 5.41) is 13.1. The van der Waals surface area contributed by atoms with E-state index in [1.807, 2.05) is 0 Å². The molecule has 1 fully saturated rings. The lowest BCUT2D eigenvalue weighted by Crippen LogP contribution is -2.39. The molecule has 1 heterocycles. The smallest absolute Gasteiger partial charge is 0.137 e. The molecule has 0 aromatic carbocycles. The zero-order valence-electron chi connectivity index (χ0n) is 9.28. The minimum atomic E-state index is -0.163. The van der Waals surface area contributed by atoms with Gasteiger partial charge in [0.25, 0.3) is 0 Å². The van der Waals surface area contributed by atoms with E-state index < -0.39 is 0 Å². The van der Waals surface area contributed by atoms with E-state index in [1.54, 1.807) is 0 Å². The SMILES string of the molecule is CCCc1c(Cl)ncnc1NC1CC(O)C1. The summed E-state index contributed by atoms with van der Waals surface area (Å²) < 4.78 is 0. The minimum Gasteiger partial charge on any atom is -0.393 e. The third kappa shape index (κ3) is 2.44. The first-order chi connectivity index (χ1) is 7.70. The van der Waals surface area contributed by atoms with Crippen LogP contribution in [0.2, 0.25) is 5.15 Å². The third-order valence-electron chi connectivity index (χ3n) is 2.85. The first-order valence-corrected chi connectivity index (χ1v) is 6.02. The number of rotatable bonds is 4. The molecule has 1 aliphatic rings. The Hall–Kier alpha value is -0.870. The van der Waals surface area contributed by atoms with Crippen molar-refractivity contribution < 1.29 is 5.11 Å². The molecule has 1 aliphatic carbocycles. The highest BCUT2D eigenvalue weighted by Gasteiger charge is 2.28. The molecule has 0 bridgehead atoms. The highest BCUT2D eigenvalue weighted by atomic mass is 35.5. The Kier molecular flexibility index (Phi) is 3.61. The summed E-state index contributed by atoms with van der Waals surface area (Å²) in [6, 6.07) is 0.316. The van der Waals surface area contributed by atoms with Gasteiger partial charge in [0.2, 0.25) is 0 Å². The van der Waals surface area contributed by atoms with Crippen molar-refractivity contribution in [2.75, 3.05) is 5.32 Å². The molecule has 1 aromatic heterocycles. The van der Waals surface area contributed by atoms with Crippen molar-refractivity contribution in [2.24, 2.45) is 0 Å². The van der Waals surface area contributed by atoms with Crippen molar-refractivity contribution in [1.82, 2.24) is 9.97 Å².